The van der Waals surface area contributed by atoms with Crippen LogP contribution in [-0.2, 0) is 9.47 Å². The zero-order valence-electron chi connectivity index (χ0n) is 35.1. The molecule has 8 heterocycles. The largest absolute Gasteiger partial charge is 0.497 e. The maximum Gasteiger partial charge on any atom is 0.407 e. The molecule has 0 spiro atoms. The molecule has 2 aromatic heterocycles. The third kappa shape index (κ3) is 8.95. The van der Waals surface area contributed by atoms with E-state index in [1.54, 1.807) is 26.6 Å². The monoisotopic (exact) mass is 816 g/mol. The number of hydrogen-bond donors (Lipinski definition) is 2. The van der Waals surface area contributed by atoms with Crippen LogP contribution in [0.5, 0.6) is 11.5 Å². The summed E-state index contributed by atoms with van der Waals surface area (Å²) < 4.78 is 23.8. The number of alkyl carbamates (subject to hydrolysis) is 2. The minimum Gasteiger partial charge on any atom is -0.497 e. The van der Waals surface area contributed by atoms with E-state index >= 15 is 0 Å². The first-order valence-electron chi connectivity index (χ1n) is 21.8. The summed E-state index contributed by atoms with van der Waals surface area (Å²) >= 11 is 0. The normalized spacial score (nSPS) is 26.5. The minimum absolute atomic E-state index is 0.0597. The van der Waals surface area contributed by atoms with Crippen LogP contribution < -0.4 is 20.1 Å². The van der Waals surface area contributed by atoms with Gasteiger partial charge in [0.15, 0.2) is 0 Å². The Bertz CT molecular complexity index is 2010. The lowest BCUT2D eigenvalue weighted by Crippen LogP contribution is -2.55. The SMILES string of the molecule is C=C[C@H]1CN2CC[C@H]1C[C@@H]2[C@H](OC(=O)NCCCCCCNC(=O)O[C@H](c1ccnc2ccc(OC)cc12)[C@H]1C[C@@H]2CCN1C[C@@H]2C=C)c1ccnc2ccc(OC)cc12. The van der Waals surface area contributed by atoms with E-state index in [1.165, 1.54) is 0 Å². The molecule has 2 amide bonds. The zero-order chi connectivity index (χ0) is 41.6. The van der Waals surface area contributed by atoms with Crippen molar-refractivity contribution < 1.29 is 28.5 Å². The van der Waals surface area contributed by atoms with Crippen molar-refractivity contribution in [1.82, 2.24) is 30.4 Å². The standard InChI is InChI=1S/C48H60N6O6/c1-5-31-29-53-23-17-33(31)25-43(53)45(37-15-21-49-41-13-11-35(57-3)27-39(37)41)59-47(55)51-19-9-7-8-10-20-52-48(56)60-46(44-26-34-18-24-54(44)30-32(34)6-2)38-16-22-50-42-14-12-36(58-4)28-40(38)42/h5-6,11-16,21-22,27-28,31-34,43-46H,1-2,7-10,17-20,23-26,29-30H2,3-4H3,(H,51,55)(H,52,56)/t31-,32-,33-,34-,43+,44+,45+,46+/m0/s1. The van der Waals surface area contributed by atoms with Gasteiger partial charge in [0.2, 0.25) is 0 Å². The Hall–Kier alpha value is -5.20. The topological polar surface area (TPSA) is 127 Å². The van der Waals surface area contributed by atoms with Gasteiger partial charge >= 0.3 is 12.2 Å². The molecular formula is C48H60N6O6. The van der Waals surface area contributed by atoms with Crippen molar-refractivity contribution in [2.24, 2.45) is 23.7 Å². The number of amides is 2. The summed E-state index contributed by atoms with van der Waals surface area (Å²) in [6, 6.07) is 15.8. The number of ether oxygens (including phenoxy) is 4. The summed E-state index contributed by atoms with van der Waals surface area (Å²) in [5, 5.41) is 7.90. The number of aromatic nitrogens is 2. The minimum atomic E-state index is -0.462. The van der Waals surface area contributed by atoms with Gasteiger partial charge in [-0.2, -0.15) is 0 Å². The lowest BCUT2D eigenvalue weighted by atomic mass is 9.73. The van der Waals surface area contributed by atoms with Crippen LogP contribution in [0, 0.1) is 23.7 Å². The Balaban J connectivity index is 0.836. The molecule has 0 radical (unpaired) electrons. The quantitative estimate of drug-likeness (QED) is 0.0793. The van der Waals surface area contributed by atoms with Gasteiger partial charge in [-0.1, -0.05) is 25.0 Å². The number of fused-ring (bicyclic) bond motifs is 8. The molecule has 6 fully saturated rings. The molecule has 6 aliphatic heterocycles. The molecule has 2 aromatic carbocycles. The van der Waals surface area contributed by atoms with E-state index in [-0.39, 0.29) is 12.1 Å². The predicted octanol–water partition coefficient (Wildman–Crippen LogP) is 8.39. The lowest BCUT2D eigenvalue weighted by Gasteiger charge is -2.51. The molecule has 4 bridgehead atoms. The van der Waals surface area contributed by atoms with Gasteiger partial charge in [0.1, 0.15) is 23.7 Å². The maximum atomic E-state index is 13.5. The summed E-state index contributed by atoms with van der Waals surface area (Å²) in [5.41, 5.74) is 3.56. The Morgan fingerprint density at radius 2 is 1.15 bits per heavy atom. The first-order chi connectivity index (χ1) is 29.4. The average molecular weight is 817 g/mol. The highest BCUT2D eigenvalue weighted by atomic mass is 16.6. The predicted molar refractivity (Wildman–Crippen MR) is 233 cm³/mol. The van der Waals surface area contributed by atoms with Gasteiger partial charge in [-0.25, -0.2) is 9.59 Å². The van der Waals surface area contributed by atoms with Gasteiger partial charge in [0.25, 0.3) is 0 Å². The molecule has 12 heteroatoms. The molecule has 0 saturated carbocycles. The number of nitrogens with zero attached hydrogens (tertiary/aromatic N) is 4. The van der Waals surface area contributed by atoms with Crippen LogP contribution in [0.25, 0.3) is 21.8 Å². The summed E-state index contributed by atoms with van der Waals surface area (Å²) in [7, 11) is 3.31. The van der Waals surface area contributed by atoms with Crippen LogP contribution in [0.1, 0.15) is 74.7 Å². The number of hydrogen-bond acceptors (Lipinski definition) is 10. The second kappa shape index (κ2) is 19.0. The fraction of sp³-hybridized carbons (Fsp3) is 0.500. The fourth-order valence-electron chi connectivity index (χ4n) is 10.4. The van der Waals surface area contributed by atoms with E-state index in [0.717, 1.165) is 122 Å². The number of piperidine rings is 6. The maximum absolute atomic E-state index is 13.5. The number of carbonyl (C=O) groups excluding carboxylic acids is 2. The molecule has 12 nitrogen and oxygen atoms in total. The molecular weight excluding hydrogens is 757 g/mol. The van der Waals surface area contributed by atoms with Gasteiger partial charge in [0, 0.05) is 60.5 Å². The van der Waals surface area contributed by atoms with Gasteiger partial charge in [-0.05, 0) is 124 Å². The number of rotatable bonds is 17. The number of pyridine rings is 2. The Morgan fingerprint density at radius 1 is 0.700 bits per heavy atom. The van der Waals surface area contributed by atoms with Crippen molar-refractivity contribution in [2.75, 3.05) is 53.5 Å². The van der Waals surface area contributed by atoms with Crippen LogP contribution in [-0.4, -0.2) is 97.5 Å². The highest BCUT2D eigenvalue weighted by molar-refractivity contribution is 5.85. The average Bonchev–Trinajstić information content (AvgIpc) is 3.30. The van der Waals surface area contributed by atoms with Crippen LogP contribution in [0.15, 0.2) is 86.2 Å². The van der Waals surface area contributed by atoms with Gasteiger partial charge in [-0.3, -0.25) is 19.8 Å². The van der Waals surface area contributed by atoms with Crippen molar-refractivity contribution in [3.05, 3.63) is 97.4 Å². The van der Waals surface area contributed by atoms with E-state index < -0.39 is 24.4 Å². The molecule has 4 aromatic rings. The molecule has 318 valence electrons. The molecule has 2 unspecified atom stereocenters. The highest BCUT2D eigenvalue weighted by Crippen LogP contribution is 2.45. The molecule has 2 N–H and O–H groups in total. The first kappa shape index (κ1) is 41.5. The van der Waals surface area contributed by atoms with Crippen molar-refractivity contribution in [3.8, 4) is 11.5 Å². The van der Waals surface area contributed by atoms with Crippen LogP contribution in [0.3, 0.4) is 0 Å². The second-order valence-corrected chi connectivity index (χ2v) is 17.0. The van der Waals surface area contributed by atoms with E-state index in [9.17, 15) is 9.59 Å². The van der Waals surface area contributed by atoms with Gasteiger partial charge < -0.3 is 29.6 Å². The Kier molecular flexibility index (Phi) is 13.2. The molecule has 6 aliphatic rings. The van der Waals surface area contributed by atoms with Crippen LogP contribution in [0.2, 0.25) is 0 Å². The van der Waals surface area contributed by atoms with Gasteiger partial charge in [-0.15, -0.1) is 13.2 Å². The van der Waals surface area contributed by atoms with E-state index in [4.69, 9.17) is 18.9 Å². The molecule has 10 atom stereocenters. The molecule has 6 saturated heterocycles. The van der Waals surface area contributed by atoms with E-state index in [0.29, 0.717) is 36.8 Å². The molecule has 10 rings (SSSR count). The number of benzene rings is 2. The number of methoxy groups -OCH3 is 2. The number of nitrogens with one attached hydrogen (secondary N) is 2. The summed E-state index contributed by atoms with van der Waals surface area (Å²) in [6.07, 6.45) is 13.5. The van der Waals surface area contributed by atoms with Crippen molar-refractivity contribution in [1.29, 1.82) is 0 Å². The summed E-state index contributed by atoms with van der Waals surface area (Å²) in [6.45, 7) is 13.0. The van der Waals surface area contributed by atoms with Crippen molar-refractivity contribution in [2.45, 2.75) is 75.7 Å². The first-order valence-corrected chi connectivity index (χ1v) is 21.8. The van der Waals surface area contributed by atoms with Crippen molar-refractivity contribution in [3.63, 3.8) is 0 Å². The third-order valence-electron chi connectivity index (χ3n) is 13.7. The molecule has 0 aliphatic carbocycles. The molecule has 60 heavy (non-hydrogen) atoms. The zero-order valence-corrected chi connectivity index (χ0v) is 35.1. The van der Waals surface area contributed by atoms with E-state index in [1.807, 2.05) is 48.5 Å². The van der Waals surface area contributed by atoms with Crippen molar-refractivity contribution >= 4 is 34.0 Å². The third-order valence-corrected chi connectivity index (χ3v) is 13.7. The van der Waals surface area contributed by atoms with Crippen LogP contribution >= 0.6 is 0 Å². The fourth-order valence-corrected chi connectivity index (χ4v) is 10.4. The van der Waals surface area contributed by atoms with Crippen LogP contribution in [0.4, 0.5) is 9.59 Å². The lowest BCUT2D eigenvalue weighted by molar-refractivity contribution is -0.0499. The number of unbranched alkanes of at least 4 members (excludes halogenated alkanes) is 3. The highest BCUT2D eigenvalue weighted by Gasteiger charge is 2.46. The van der Waals surface area contributed by atoms with Gasteiger partial charge in [0.05, 0.1) is 37.3 Å². The Labute approximate surface area is 353 Å². The second-order valence-electron chi connectivity index (χ2n) is 17.0. The summed E-state index contributed by atoms with van der Waals surface area (Å²) in [5.74, 6) is 3.42. The number of carbonyl (C=O) groups is 2. The smallest absolute Gasteiger partial charge is 0.407 e. The summed E-state index contributed by atoms with van der Waals surface area (Å²) in [4.78, 5) is 41.0. The Morgan fingerprint density at radius 3 is 1.53 bits per heavy atom. The van der Waals surface area contributed by atoms with E-state index in [2.05, 4.69) is 55.7 Å².